The maximum atomic E-state index is 10.5. The van der Waals surface area contributed by atoms with Crippen molar-refractivity contribution >= 4 is 35.6 Å². The highest BCUT2D eigenvalue weighted by Gasteiger charge is 2.09. The van der Waals surface area contributed by atoms with Gasteiger partial charge in [-0.05, 0) is 50.2 Å². The molecule has 0 atom stereocenters. The fraction of sp³-hybridized carbons (Fsp3) is 0.364. The second-order valence-electron chi connectivity index (χ2n) is 7.14. The van der Waals surface area contributed by atoms with Gasteiger partial charge >= 0.3 is 0 Å². The molecule has 6 nitrogen and oxygen atoms in total. The Kier molecular flexibility index (Phi) is 8.51. The van der Waals surface area contributed by atoms with E-state index in [1.807, 2.05) is 0 Å². The van der Waals surface area contributed by atoms with Crippen molar-refractivity contribution in [2.75, 3.05) is 26.2 Å². The van der Waals surface area contributed by atoms with Crippen LogP contribution in [0.15, 0.2) is 34.3 Å². The van der Waals surface area contributed by atoms with Crippen LogP contribution in [0.1, 0.15) is 35.1 Å². The lowest BCUT2D eigenvalue weighted by atomic mass is 10.1. The molecule has 4 bridgehead atoms. The highest BCUT2D eigenvalue weighted by atomic mass is 35.5. The summed E-state index contributed by atoms with van der Waals surface area (Å²) in [5.74, 6) is 0.402. The largest absolute Gasteiger partial charge is 0.507 e. The number of nitrogens with zero attached hydrogens (tertiary/aromatic N) is 2. The fourth-order valence-electron chi connectivity index (χ4n) is 3.19. The van der Waals surface area contributed by atoms with E-state index < -0.39 is 0 Å². The van der Waals surface area contributed by atoms with Crippen LogP contribution in [0.3, 0.4) is 0 Å². The van der Waals surface area contributed by atoms with Crippen molar-refractivity contribution in [2.24, 2.45) is 9.98 Å². The topological polar surface area (TPSA) is 89.2 Å². The minimum atomic E-state index is 0.201. The van der Waals surface area contributed by atoms with E-state index in [1.165, 1.54) is 0 Å². The molecule has 2 aromatic rings. The Morgan fingerprint density at radius 3 is 1.57 bits per heavy atom. The smallest absolute Gasteiger partial charge is 0.128 e. The van der Waals surface area contributed by atoms with E-state index in [4.69, 9.17) is 23.2 Å². The number of halogens is 2. The molecule has 8 heteroatoms. The van der Waals surface area contributed by atoms with Crippen LogP contribution in [0.4, 0.5) is 0 Å². The molecule has 0 amide bonds. The summed E-state index contributed by atoms with van der Waals surface area (Å²) >= 11 is 12.4. The molecule has 0 spiro atoms. The average molecular weight is 449 g/mol. The molecule has 0 unspecified atom stereocenters. The fourth-order valence-corrected chi connectivity index (χ4v) is 3.68. The number of phenolic OH excluding ortho intramolecular Hbond substituents is 2. The quantitative estimate of drug-likeness (QED) is 0.491. The number of phenols is 2. The first-order valence-electron chi connectivity index (χ1n) is 9.98. The highest BCUT2D eigenvalue weighted by Crippen LogP contribution is 2.27. The van der Waals surface area contributed by atoms with Crippen LogP contribution in [-0.4, -0.2) is 48.8 Å². The summed E-state index contributed by atoms with van der Waals surface area (Å²) in [6.45, 7) is 3.66. The average Bonchev–Trinajstić information content (AvgIpc) is 2.71. The van der Waals surface area contributed by atoms with Crippen molar-refractivity contribution in [1.29, 1.82) is 0 Å². The summed E-state index contributed by atoms with van der Waals surface area (Å²) in [5, 5.41) is 28.7. The van der Waals surface area contributed by atoms with Gasteiger partial charge in [0.2, 0.25) is 0 Å². The molecule has 0 aliphatic carbocycles. The van der Waals surface area contributed by atoms with E-state index in [2.05, 4.69) is 20.6 Å². The maximum Gasteiger partial charge on any atom is 0.128 e. The number of hydrogen-bond donors (Lipinski definition) is 4. The third-order valence-electron chi connectivity index (χ3n) is 4.74. The van der Waals surface area contributed by atoms with Crippen molar-refractivity contribution in [1.82, 2.24) is 10.6 Å². The SMILES string of the molecule is Oc1c2cc(Cl)cc1CNCCCN=Cc1cc(Cl)cc(c1O)CNCCCN=C2. The Balaban J connectivity index is 1.74. The van der Waals surface area contributed by atoms with Gasteiger partial charge in [-0.3, -0.25) is 9.98 Å². The number of aromatic hydroxyl groups is 2. The molecule has 2 aromatic carbocycles. The van der Waals surface area contributed by atoms with Crippen molar-refractivity contribution in [3.8, 4) is 11.5 Å². The van der Waals surface area contributed by atoms with Gasteiger partial charge in [-0.2, -0.15) is 0 Å². The predicted octanol–water partition coefficient (Wildman–Crippen LogP) is 3.92. The van der Waals surface area contributed by atoms with Crippen LogP contribution in [0.5, 0.6) is 11.5 Å². The van der Waals surface area contributed by atoms with Crippen LogP contribution < -0.4 is 10.6 Å². The first-order chi connectivity index (χ1) is 14.5. The molecule has 1 aliphatic heterocycles. The molecule has 160 valence electrons. The van der Waals surface area contributed by atoms with Crippen molar-refractivity contribution in [3.05, 3.63) is 56.6 Å². The number of nitrogens with one attached hydrogen (secondary N) is 2. The zero-order chi connectivity index (χ0) is 21.3. The highest BCUT2D eigenvalue weighted by molar-refractivity contribution is 6.31. The van der Waals surface area contributed by atoms with Crippen LogP contribution in [0.2, 0.25) is 10.0 Å². The van der Waals surface area contributed by atoms with E-state index in [-0.39, 0.29) is 11.5 Å². The molecule has 1 aliphatic rings. The predicted molar refractivity (Wildman–Crippen MR) is 124 cm³/mol. The van der Waals surface area contributed by atoms with Gasteiger partial charge in [0.05, 0.1) is 0 Å². The molecule has 0 saturated heterocycles. The summed E-state index contributed by atoms with van der Waals surface area (Å²) in [4.78, 5) is 8.80. The lowest BCUT2D eigenvalue weighted by Gasteiger charge is -2.11. The van der Waals surface area contributed by atoms with E-state index in [0.29, 0.717) is 47.4 Å². The number of rotatable bonds is 0. The minimum Gasteiger partial charge on any atom is -0.507 e. The standard InChI is InChI=1S/C22H26Cl2N4O2/c23-19-7-15-11-25-3-1-4-26-12-16-8-20(24)10-18(22(16)30)14-28-6-2-5-27-13-17(9-19)21(15)29/h7-11,14,26-27,29-30H,1-6,12-13H2. The number of benzene rings is 2. The third-order valence-corrected chi connectivity index (χ3v) is 5.18. The van der Waals surface area contributed by atoms with Gasteiger partial charge < -0.3 is 20.8 Å². The molecular formula is C22H26Cl2N4O2. The first-order valence-corrected chi connectivity index (χ1v) is 10.7. The normalized spacial score (nSPS) is 16.3. The Morgan fingerprint density at radius 1 is 0.700 bits per heavy atom. The van der Waals surface area contributed by atoms with Crippen LogP contribution in [0.25, 0.3) is 0 Å². The number of fused-ring (bicyclic) bond motifs is 4. The van der Waals surface area contributed by atoms with Crippen LogP contribution in [-0.2, 0) is 13.1 Å². The van der Waals surface area contributed by atoms with Gasteiger partial charge in [-0.25, -0.2) is 0 Å². The lowest BCUT2D eigenvalue weighted by molar-refractivity contribution is 0.463. The van der Waals surface area contributed by atoms with E-state index >= 15 is 0 Å². The van der Waals surface area contributed by atoms with Crippen molar-refractivity contribution < 1.29 is 10.2 Å². The molecule has 3 rings (SSSR count). The maximum absolute atomic E-state index is 10.5. The molecular weight excluding hydrogens is 423 g/mol. The third kappa shape index (κ3) is 6.44. The van der Waals surface area contributed by atoms with Crippen molar-refractivity contribution in [3.63, 3.8) is 0 Å². The second kappa shape index (κ2) is 11.3. The summed E-state index contributed by atoms with van der Waals surface area (Å²) in [6, 6.07) is 6.94. The molecule has 0 aromatic heterocycles. The lowest BCUT2D eigenvalue weighted by Crippen LogP contribution is -2.16. The van der Waals surface area contributed by atoms with E-state index in [1.54, 1.807) is 36.7 Å². The van der Waals surface area contributed by atoms with Crippen LogP contribution >= 0.6 is 23.2 Å². The summed E-state index contributed by atoms with van der Waals surface area (Å²) in [6.07, 6.45) is 4.93. The molecule has 30 heavy (non-hydrogen) atoms. The molecule has 0 fully saturated rings. The Morgan fingerprint density at radius 2 is 1.13 bits per heavy atom. The van der Waals surface area contributed by atoms with Crippen LogP contribution in [0, 0.1) is 0 Å². The van der Waals surface area contributed by atoms with Gasteiger partial charge in [0.25, 0.3) is 0 Å². The van der Waals surface area contributed by atoms with Gasteiger partial charge in [0.1, 0.15) is 11.5 Å². The van der Waals surface area contributed by atoms with Crippen molar-refractivity contribution in [2.45, 2.75) is 25.9 Å². The zero-order valence-corrected chi connectivity index (χ0v) is 18.2. The van der Waals surface area contributed by atoms with Gasteiger partial charge in [0, 0.05) is 70.9 Å². The molecule has 4 N–H and O–H groups in total. The Labute approximate surface area is 186 Å². The Bertz CT molecular complexity index is 856. The van der Waals surface area contributed by atoms with Gasteiger partial charge in [0.15, 0.2) is 0 Å². The molecule has 1 heterocycles. The summed E-state index contributed by atoms with van der Waals surface area (Å²) < 4.78 is 0. The number of hydrogen-bond acceptors (Lipinski definition) is 6. The van der Waals surface area contributed by atoms with Gasteiger partial charge in [-0.15, -0.1) is 0 Å². The summed E-state index contributed by atoms with van der Waals surface area (Å²) in [5.41, 5.74) is 2.70. The number of aliphatic imine (C=N–C) groups is 2. The van der Waals surface area contributed by atoms with E-state index in [0.717, 1.165) is 37.1 Å². The molecule has 0 radical (unpaired) electrons. The Hall–Kier alpha value is -2.12. The second-order valence-corrected chi connectivity index (χ2v) is 8.01. The molecule has 0 saturated carbocycles. The minimum absolute atomic E-state index is 0.201. The monoisotopic (exact) mass is 448 g/mol. The first kappa shape index (κ1) is 22.6. The van der Waals surface area contributed by atoms with Gasteiger partial charge in [-0.1, -0.05) is 23.2 Å². The zero-order valence-electron chi connectivity index (χ0n) is 16.7. The van der Waals surface area contributed by atoms with E-state index in [9.17, 15) is 10.2 Å². The summed E-state index contributed by atoms with van der Waals surface area (Å²) in [7, 11) is 0.